The number of thiazole rings is 1. The van der Waals surface area contributed by atoms with Crippen LogP contribution in [0.5, 0.6) is 0 Å². The van der Waals surface area contributed by atoms with E-state index in [2.05, 4.69) is 26.1 Å². The highest BCUT2D eigenvalue weighted by molar-refractivity contribution is 7.14. The molecule has 1 aromatic rings. The van der Waals surface area contributed by atoms with Crippen LogP contribution in [0.3, 0.4) is 0 Å². The second-order valence-electron chi connectivity index (χ2n) is 10.8. The number of rotatable bonds is 8. The van der Waals surface area contributed by atoms with Crippen molar-refractivity contribution >= 4 is 46.1 Å². The number of β-lactam (4-membered cyclic amide) rings is 1. The molecule has 2 fully saturated rings. The molecule has 1 saturated heterocycles. The minimum Gasteiger partial charge on any atom is -0.457 e. The van der Waals surface area contributed by atoms with Crippen molar-refractivity contribution in [2.24, 2.45) is 10.9 Å². The summed E-state index contributed by atoms with van der Waals surface area (Å²) >= 11 is 1.03. The molecule has 1 aromatic heterocycles. The molecule has 14 heteroatoms. The van der Waals surface area contributed by atoms with Crippen LogP contribution in [-0.2, 0) is 28.7 Å². The van der Waals surface area contributed by atoms with Crippen molar-refractivity contribution < 1.29 is 33.5 Å². The normalized spacial score (nSPS) is 21.1. The number of carbonyl (C=O) groups excluding carboxylic acids is 4. The number of anilines is 1. The van der Waals surface area contributed by atoms with Gasteiger partial charge in [-0.25, -0.2) is 14.6 Å². The molecule has 37 heavy (non-hydrogen) atoms. The van der Waals surface area contributed by atoms with Gasteiger partial charge in [-0.15, -0.1) is 11.3 Å². The number of oxime groups is 1. The first-order valence-electron chi connectivity index (χ1n) is 11.9. The molecule has 1 aliphatic carbocycles. The second-order valence-corrected chi connectivity index (χ2v) is 11.7. The standard InChI is InChI=1S/C23H34N6O7S/c1-21(2,3)34-18(32)23(8-7-9-23)36-29-15(17(31)27-14-12(10-24)25-16(14)30)13-11-37-19(26-13)28-20(33)35-22(4,5)6/h11-12,14H,7-10,24H2,1-6H3,(H,25,30)(H,27,31)(H,26,28,33)/b29-15-/t12-,14+/m1/s1. The number of aromatic nitrogens is 1. The maximum Gasteiger partial charge on any atom is 0.413 e. The van der Waals surface area contributed by atoms with E-state index < -0.39 is 46.9 Å². The van der Waals surface area contributed by atoms with Crippen molar-refractivity contribution in [1.29, 1.82) is 0 Å². The van der Waals surface area contributed by atoms with Crippen LogP contribution in [0, 0.1) is 0 Å². The van der Waals surface area contributed by atoms with Crippen LogP contribution in [0.25, 0.3) is 0 Å². The Balaban J connectivity index is 1.85. The van der Waals surface area contributed by atoms with Gasteiger partial charge in [0.15, 0.2) is 10.8 Å². The summed E-state index contributed by atoms with van der Waals surface area (Å²) in [7, 11) is 0. The number of nitrogens with two attached hydrogens (primary N) is 1. The minimum atomic E-state index is -1.33. The van der Waals surface area contributed by atoms with E-state index in [0.29, 0.717) is 12.8 Å². The molecule has 13 nitrogen and oxygen atoms in total. The molecule has 2 atom stereocenters. The van der Waals surface area contributed by atoms with E-state index in [0.717, 1.165) is 17.8 Å². The predicted molar refractivity (Wildman–Crippen MR) is 135 cm³/mol. The molecule has 0 unspecified atom stereocenters. The highest BCUT2D eigenvalue weighted by Crippen LogP contribution is 2.38. The molecule has 0 bridgehead atoms. The van der Waals surface area contributed by atoms with E-state index in [4.69, 9.17) is 20.0 Å². The first kappa shape index (κ1) is 28.3. The summed E-state index contributed by atoms with van der Waals surface area (Å²) in [6.45, 7) is 10.5. The first-order valence-corrected chi connectivity index (χ1v) is 12.8. The van der Waals surface area contributed by atoms with Crippen molar-refractivity contribution in [2.75, 3.05) is 11.9 Å². The number of ether oxygens (including phenoxy) is 2. The van der Waals surface area contributed by atoms with Gasteiger partial charge in [-0.05, 0) is 48.0 Å². The van der Waals surface area contributed by atoms with Crippen LogP contribution in [0.2, 0.25) is 0 Å². The van der Waals surface area contributed by atoms with Crippen LogP contribution in [0.1, 0.15) is 66.5 Å². The summed E-state index contributed by atoms with van der Waals surface area (Å²) in [5.41, 5.74) is 2.63. The van der Waals surface area contributed by atoms with Gasteiger partial charge in [0.2, 0.25) is 11.5 Å². The zero-order valence-corrected chi connectivity index (χ0v) is 22.6. The van der Waals surface area contributed by atoms with Crippen molar-refractivity contribution in [3.05, 3.63) is 11.1 Å². The van der Waals surface area contributed by atoms with Crippen molar-refractivity contribution in [1.82, 2.24) is 15.6 Å². The van der Waals surface area contributed by atoms with Gasteiger partial charge in [-0.3, -0.25) is 14.9 Å². The van der Waals surface area contributed by atoms with Gasteiger partial charge in [0.25, 0.3) is 5.91 Å². The molecule has 2 aliphatic rings. The topological polar surface area (TPSA) is 183 Å². The molecule has 3 rings (SSSR count). The SMILES string of the molecule is CC(C)(C)OC(=O)Nc1nc(/C(=N/OC2(C(=O)OC(C)(C)C)CCC2)C(=O)N[C@@H]2C(=O)N[C@@H]2CN)cs1. The Morgan fingerprint density at radius 2 is 1.84 bits per heavy atom. The number of hydrogen-bond donors (Lipinski definition) is 4. The molecular weight excluding hydrogens is 504 g/mol. The number of nitrogens with zero attached hydrogens (tertiary/aromatic N) is 2. The Kier molecular flexibility index (Phi) is 8.12. The van der Waals surface area contributed by atoms with E-state index in [1.54, 1.807) is 41.5 Å². The summed E-state index contributed by atoms with van der Waals surface area (Å²) in [6.07, 6.45) is 0.728. The average Bonchev–Trinajstić information content (AvgIpc) is 3.16. The zero-order chi connectivity index (χ0) is 27.6. The van der Waals surface area contributed by atoms with E-state index in [1.165, 1.54) is 5.38 Å². The average molecular weight is 539 g/mol. The third-order valence-electron chi connectivity index (χ3n) is 5.37. The summed E-state index contributed by atoms with van der Waals surface area (Å²) in [5, 5.41) is 13.3. The third kappa shape index (κ3) is 7.16. The predicted octanol–water partition coefficient (Wildman–Crippen LogP) is 1.42. The Hall–Kier alpha value is -3.26. The van der Waals surface area contributed by atoms with Crippen LogP contribution in [0.4, 0.5) is 9.93 Å². The lowest BCUT2D eigenvalue weighted by atomic mass is 9.80. The Bertz CT molecular complexity index is 1080. The molecule has 0 aromatic carbocycles. The van der Waals surface area contributed by atoms with Crippen molar-refractivity contribution in [2.45, 2.75) is 89.7 Å². The lowest BCUT2D eigenvalue weighted by molar-refractivity contribution is -0.196. The Morgan fingerprint density at radius 3 is 2.35 bits per heavy atom. The molecular formula is C23H34N6O7S. The van der Waals surface area contributed by atoms with Gasteiger partial charge in [-0.1, -0.05) is 5.16 Å². The summed E-state index contributed by atoms with van der Waals surface area (Å²) in [5.74, 6) is -1.73. The molecule has 5 N–H and O–H groups in total. The largest absolute Gasteiger partial charge is 0.457 e. The van der Waals surface area contributed by atoms with Gasteiger partial charge < -0.3 is 30.7 Å². The van der Waals surface area contributed by atoms with Gasteiger partial charge in [0, 0.05) is 24.8 Å². The second kappa shape index (κ2) is 10.6. The quantitative estimate of drug-likeness (QED) is 0.164. The van der Waals surface area contributed by atoms with Gasteiger partial charge in [0.05, 0.1) is 6.04 Å². The highest BCUT2D eigenvalue weighted by Gasteiger charge is 2.50. The molecule has 3 amide bonds. The zero-order valence-electron chi connectivity index (χ0n) is 21.8. The number of esters is 1. The monoisotopic (exact) mass is 538 g/mol. The number of carbonyl (C=O) groups is 4. The number of hydrogen-bond acceptors (Lipinski definition) is 11. The number of amides is 3. The third-order valence-corrected chi connectivity index (χ3v) is 6.12. The Morgan fingerprint density at radius 1 is 1.19 bits per heavy atom. The lowest BCUT2D eigenvalue weighted by Crippen LogP contribution is -2.71. The van der Waals surface area contributed by atoms with Crippen LogP contribution in [-0.4, -0.2) is 70.0 Å². The fourth-order valence-corrected chi connectivity index (χ4v) is 4.06. The lowest BCUT2D eigenvalue weighted by Gasteiger charge is -2.38. The minimum absolute atomic E-state index is 0.0660. The van der Waals surface area contributed by atoms with E-state index in [1.807, 2.05) is 0 Å². The molecule has 0 spiro atoms. The molecule has 0 radical (unpaired) electrons. The van der Waals surface area contributed by atoms with E-state index in [9.17, 15) is 19.2 Å². The van der Waals surface area contributed by atoms with E-state index >= 15 is 0 Å². The van der Waals surface area contributed by atoms with Crippen molar-refractivity contribution in [3.63, 3.8) is 0 Å². The molecule has 1 saturated carbocycles. The van der Waals surface area contributed by atoms with Gasteiger partial charge in [0.1, 0.15) is 22.9 Å². The Labute approximate surface area is 218 Å². The molecule has 204 valence electrons. The van der Waals surface area contributed by atoms with Crippen LogP contribution >= 0.6 is 11.3 Å². The van der Waals surface area contributed by atoms with Gasteiger partial charge in [-0.2, -0.15) is 0 Å². The fourth-order valence-electron chi connectivity index (χ4n) is 3.38. The smallest absolute Gasteiger partial charge is 0.413 e. The maximum atomic E-state index is 13.2. The van der Waals surface area contributed by atoms with E-state index in [-0.39, 0.29) is 29.0 Å². The van der Waals surface area contributed by atoms with Crippen LogP contribution in [0.15, 0.2) is 10.5 Å². The molecule has 1 aliphatic heterocycles. The van der Waals surface area contributed by atoms with Crippen LogP contribution < -0.4 is 21.7 Å². The summed E-state index contributed by atoms with van der Waals surface area (Å²) < 4.78 is 10.7. The first-order chi connectivity index (χ1) is 17.1. The maximum absolute atomic E-state index is 13.2. The van der Waals surface area contributed by atoms with Crippen molar-refractivity contribution in [3.8, 4) is 0 Å². The summed E-state index contributed by atoms with van der Waals surface area (Å²) in [4.78, 5) is 60.0. The fraction of sp³-hybridized carbons (Fsp3) is 0.652. The van der Waals surface area contributed by atoms with Gasteiger partial charge >= 0.3 is 12.1 Å². The summed E-state index contributed by atoms with van der Waals surface area (Å²) in [6, 6.07) is -1.29. The highest BCUT2D eigenvalue weighted by atomic mass is 32.1. The molecule has 2 heterocycles. The number of nitrogens with one attached hydrogen (secondary N) is 3.